The molecule has 1 aliphatic rings. The summed E-state index contributed by atoms with van der Waals surface area (Å²) in [5.41, 5.74) is -3.37. The van der Waals surface area contributed by atoms with Crippen LogP contribution in [0.1, 0.15) is 44.0 Å². The molecule has 1 atom stereocenters. The summed E-state index contributed by atoms with van der Waals surface area (Å²) in [7, 11) is -4.29. The number of halogens is 1. The minimum atomic E-state index is -4.29. The number of aliphatic carboxylic acids is 1. The minimum absolute atomic E-state index is 0.111. The number of carbonyl (C=O) groups is 2. The van der Waals surface area contributed by atoms with Crippen LogP contribution in [0.5, 0.6) is 0 Å². The summed E-state index contributed by atoms with van der Waals surface area (Å²) in [4.78, 5) is 35.9. The Morgan fingerprint density at radius 1 is 1.00 bits per heavy atom. The van der Waals surface area contributed by atoms with E-state index in [-0.39, 0.29) is 22.2 Å². The molecule has 3 aromatic rings. The van der Waals surface area contributed by atoms with Crippen molar-refractivity contribution in [1.82, 2.24) is 20.0 Å². The van der Waals surface area contributed by atoms with Crippen LogP contribution in [-0.2, 0) is 14.8 Å². The summed E-state index contributed by atoms with van der Waals surface area (Å²) in [5.74, 6) is -2.56. The molecule has 1 saturated heterocycles. The number of anilines is 2. The number of aromatic nitrogens is 2. The van der Waals surface area contributed by atoms with Gasteiger partial charge < -0.3 is 20.6 Å². The molecule has 0 bridgehead atoms. The molecule has 11 nitrogen and oxygen atoms in total. The number of amides is 1. The number of carboxylic acids is 1. The first kappa shape index (κ1) is 30.8. The van der Waals surface area contributed by atoms with Crippen molar-refractivity contribution in [2.24, 2.45) is 5.41 Å². The van der Waals surface area contributed by atoms with Crippen LogP contribution in [0.4, 0.5) is 16.0 Å². The zero-order chi connectivity index (χ0) is 30.5. The van der Waals surface area contributed by atoms with Gasteiger partial charge in [0, 0.05) is 38.1 Å². The normalized spacial score (nSPS) is 16.0. The molecule has 4 rings (SSSR count). The van der Waals surface area contributed by atoms with Gasteiger partial charge in [-0.1, -0.05) is 45.0 Å². The van der Waals surface area contributed by atoms with Crippen molar-refractivity contribution in [3.05, 3.63) is 78.4 Å². The van der Waals surface area contributed by atoms with Crippen LogP contribution in [0.2, 0.25) is 0 Å². The second-order valence-electron chi connectivity index (χ2n) is 11.2. The Balaban J connectivity index is 1.49. The highest BCUT2D eigenvalue weighted by atomic mass is 32.2. The largest absolute Gasteiger partial charge is 0.480 e. The monoisotopic (exact) mass is 598 g/mol. The summed E-state index contributed by atoms with van der Waals surface area (Å²) in [6, 6.07) is 13.6. The number of benzene rings is 2. The molecular weight excluding hydrogens is 563 g/mol. The fraction of sp³-hybridized carbons (Fsp3) is 0.379. The molecule has 0 spiro atoms. The molecule has 0 aliphatic carbocycles. The number of hydrogen-bond acceptors (Lipinski definition) is 8. The number of hydrogen-bond donors (Lipinski definition) is 4. The number of sulfonamides is 1. The third-order valence-corrected chi connectivity index (χ3v) is 8.99. The first-order valence-electron chi connectivity index (χ1n) is 13.5. The number of carboxylic acid groups (broad SMARTS) is 1. The van der Waals surface area contributed by atoms with Crippen molar-refractivity contribution in [1.29, 1.82) is 0 Å². The van der Waals surface area contributed by atoms with Gasteiger partial charge in [-0.25, -0.2) is 22.8 Å². The summed E-state index contributed by atoms with van der Waals surface area (Å²) in [5, 5.41) is 16.0. The van der Waals surface area contributed by atoms with E-state index in [2.05, 4.69) is 25.3 Å². The number of carbonyl (C=O) groups excluding carboxylic acids is 1. The third kappa shape index (κ3) is 6.68. The van der Waals surface area contributed by atoms with Gasteiger partial charge >= 0.3 is 5.97 Å². The van der Waals surface area contributed by atoms with E-state index < -0.39 is 45.2 Å². The first-order valence-corrected chi connectivity index (χ1v) is 15.0. The van der Waals surface area contributed by atoms with Crippen LogP contribution in [0.25, 0.3) is 0 Å². The molecule has 42 heavy (non-hydrogen) atoms. The number of nitrogens with zero attached hydrogens (tertiary/aromatic N) is 3. The van der Waals surface area contributed by atoms with Gasteiger partial charge in [0.05, 0.1) is 16.1 Å². The Labute approximate surface area is 244 Å². The van der Waals surface area contributed by atoms with E-state index in [0.29, 0.717) is 31.9 Å². The molecule has 1 fully saturated rings. The van der Waals surface area contributed by atoms with E-state index in [1.54, 1.807) is 57.4 Å². The van der Waals surface area contributed by atoms with E-state index >= 15 is 4.39 Å². The minimum Gasteiger partial charge on any atom is -0.480 e. The molecule has 0 unspecified atom stereocenters. The topological polar surface area (TPSA) is 154 Å². The van der Waals surface area contributed by atoms with Crippen molar-refractivity contribution in [2.75, 3.05) is 29.9 Å². The van der Waals surface area contributed by atoms with E-state index in [0.717, 1.165) is 0 Å². The molecule has 13 heteroatoms. The van der Waals surface area contributed by atoms with E-state index in [1.807, 2.05) is 4.90 Å². The van der Waals surface area contributed by atoms with Gasteiger partial charge in [-0.05, 0) is 48.6 Å². The summed E-state index contributed by atoms with van der Waals surface area (Å²) >= 11 is 0. The van der Waals surface area contributed by atoms with Gasteiger partial charge in [0.2, 0.25) is 16.0 Å². The highest BCUT2D eigenvalue weighted by molar-refractivity contribution is 7.89. The van der Waals surface area contributed by atoms with E-state index in [4.69, 9.17) is 0 Å². The fourth-order valence-corrected chi connectivity index (χ4v) is 6.41. The lowest BCUT2D eigenvalue weighted by Crippen LogP contribution is -2.67. The van der Waals surface area contributed by atoms with Crippen LogP contribution >= 0.6 is 0 Å². The zero-order valence-electron chi connectivity index (χ0n) is 23.7. The van der Waals surface area contributed by atoms with Crippen LogP contribution in [-0.4, -0.2) is 66.6 Å². The molecule has 1 amide bonds. The van der Waals surface area contributed by atoms with Crippen LogP contribution in [0, 0.1) is 11.2 Å². The smallest absolute Gasteiger partial charge is 0.327 e. The lowest BCUT2D eigenvalue weighted by atomic mass is 9.74. The fourth-order valence-electron chi connectivity index (χ4n) is 4.85. The van der Waals surface area contributed by atoms with Gasteiger partial charge in [-0.15, -0.1) is 0 Å². The van der Waals surface area contributed by atoms with Crippen molar-refractivity contribution in [2.45, 2.75) is 50.1 Å². The standard InChI is InChI=1S/C29H35FN6O5S/c1-28(2,3)29(26(38)39,35-42(40,41)21-9-5-4-6-10-21)19-33-25(37)22-11-7-12-23(24(22)30)36-17-13-20(14-18-36)34-27-31-15-8-16-32-27/h4-12,15-16,20,35H,13-14,17-19H2,1-3H3,(H,33,37)(H,38,39)(H,31,32,34)/t29-/m0/s1. The average molecular weight is 599 g/mol. The number of rotatable bonds is 10. The van der Waals surface area contributed by atoms with E-state index in [1.165, 1.54) is 30.3 Å². The molecular formula is C29H35FN6O5S. The molecule has 1 aliphatic heterocycles. The Morgan fingerprint density at radius 2 is 1.64 bits per heavy atom. The quantitative estimate of drug-likeness (QED) is 0.275. The SMILES string of the molecule is CC(C)(C)[C@@](CNC(=O)c1cccc(N2CCC(Nc3ncccn3)CC2)c1F)(NS(=O)(=O)c1ccccc1)C(=O)O. The van der Waals surface area contributed by atoms with Crippen molar-refractivity contribution < 1.29 is 27.5 Å². The molecule has 2 heterocycles. The number of nitrogens with one attached hydrogen (secondary N) is 3. The maximum atomic E-state index is 15.7. The highest BCUT2D eigenvalue weighted by Gasteiger charge is 2.52. The van der Waals surface area contributed by atoms with Crippen LogP contribution in [0.15, 0.2) is 71.9 Å². The van der Waals surface area contributed by atoms with E-state index in [9.17, 15) is 23.1 Å². The molecule has 1 aromatic heterocycles. The molecule has 4 N–H and O–H groups in total. The Bertz CT molecular complexity index is 1510. The van der Waals surface area contributed by atoms with Gasteiger partial charge in [-0.2, -0.15) is 4.72 Å². The lowest BCUT2D eigenvalue weighted by molar-refractivity contribution is -0.148. The average Bonchev–Trinajstić information content (AvgIpc) is 2.96. The maximum absolute atomic E-state index is 15.7. The summed E-state index contributed by atoms with van der Waals surface area (Å²) in [6.45, 7) is 5.07. The van der Waals surface area contributed by atoms with Crippen LogP contribution < -0.4 is 20.3 Å². The molecule has 2 aromatic carbocycles. The molecule has 224 valence electrons. The van der Waals surface area contributed by atoms with Crippen molar-refractivity contribution >= 4 is 33.5 Å². The maximum Gasteiger partial charge on any atom is 0.327 e. The van der Waals surface area contributed by atoms with Crippen molar-refractivity contribution in [3.63, 3.8) is 0 Å². The van der Waals surface area contributed by atoms with Gasteiger partial charge in [0.1, 0.15) is 0 Å². The molecule has 0 radical (unpaired) electrons. The highest BCUT2D eigenvalue weighted by Crippen LogP contribution is 2.33. The Hall–Kier alpha value is -4.10. The summed E-state index contributed by atoms with van der Waals surface area (Å²) < 4.78 is 44.3. The molecule has 0 saturated carbocycles. The Kier molecular flexibility index (Phi) is 9.12. The van der Waals surface area contributed by atoms with Gasteiger partial charge in [0.15, 0.2) is 11.4 Å². The van der Waals surface area contributed by atoms with Crippen LogP contribution in [0.3, 0.4) is 0 Å². The van der Waals surface area contributed by atoms with Crippen molar-refractivity contribution in [3.8, 4) is 0 Å². The zero-order valence-corrected chi connectivity index (χ0v) is 24.5. The number of piperidine rings is 1. The second kappa shape index (κ2) is 12.4. The van der Waals surface area contributed by atoms with Gasteiger partial charge in [-0.3, -0.25) is 9.59 Å². The third-order valence-electron chi connectivity index (χ3n) is 7.48. The second-order valence-corrected chi connectivity index (χ2v) is 12.9. The first-order chi connectivity index (χ1) is 19.8. The Morgan fingerprint density at radius 3 is 2.24 bits per heavy atom. The summed E-state index contributed by atoms with van der Waals surface area (Å²) in [6.07, 6.45) is 4.69. The predicted molar refractivity (Wildman–Crippen MR) is 156 cm³/mol. The van der Waals surface area contributed by atoms with Gasteiger partial charge in [0.25, 0.3) is 5.91 Å². The predicted octanol–water partition coefficient (Wildman–Crippen LogP) is 3.27. The lowest BCUT2D eigenvalue weighted by Gasteiger charge is -2.41.